The molecule has 2 aliphatic rings. The Hall–Kier alpha value is -0.610. The molecule has 4 nitrogen and oxygen atoms in total. The van der Waals surface area contributed by atoms with Crippen LogP contribution in [-0.4, -0.2) is 48.6 Å². The minimum Gasteiger partial charge on any atom is -0.352 e. The van der Waals surface area contributed by atoms with Crippen molar-refractivity contribution in [3.63, 3.8) is 0 Å². The van der Waals surface area contributed by atoms with Gasteiger partial charge in [-0.2, -0.15) is 0 Å². The van der Waals surface area contributed by atoms with E-state index in [1.807, 2.05) is 0 Å². The zero-order chi connectivity index (χ0) is 14.4. The summed E-state index contributed by atoms with van der Waals surface area (Å²) in [5.74, 6) is 0.219. The molecule has 2 unspecified atom stereocenters. The molecule has 0 bridgehead atoms. The van der Waals surface area contributed by atoms with Crippen molar-refractivity contribution in [2.75, 3.05) is 19.6 Å². The van der Waals surface area contributed by atoms with E-state index in [1.165, 1.54) is 32.1 Å². The van der Waals surface area contributed by atoms with Gasteiger partial charge in [-0.1, -0.05) is 26.2 Å². The van der Waals surface area contributed by atoms with Crippen LogP contribution in [-0.2, 0) is 4.79 Å². The van der Waals surface area contributed by atoms with Crippen LogP contribution in [0, 0.1) is 0 Å². The normalized spacial score (nSPS) is 25.9. The number of hydrogen-bond donors (Lipinski definition) is 2. The summed E-state index contributed by atoms with van der Waals surface area (Å²) in [6, 6.07) is 0.978. The van der Waals surface area contributed by atoms with Crippen molar-refractivity contribution in [2.45, 2.75) is 76.9 Å². The van der Waals surface area contributed by atoms with E-state index in [4.69, 9.17) is 0 Å². The molecular weight excluding hydrogens is 250 g/mol. The van der Waals surface area contributed by atoms with E-state index >= 15 is 0 Å². The molecule has 2 rings (SSSR count). The Labute approximate surface area is 123 Å². The molecule has 1 saturated carbocycles. The van der Waals surface area contributed by atoms with E-state index in [1.54, 1.807) is 0 Å². The van der Waals surface area contributed by atoms with Gasteiger partial charge in [0.25, 0.3) is 0 Å². The Bertz CT molecular complexity index is 296. The fourth-order valence-electron chi connectivity index (χ4n) is 3.49. The third-order valence-electron chi connectivity index (χ3n) is 4.90. The highest BCUT2D eigenvalue weighted by atomic mass is 16.2. The maximum Gasteiger partial charge on any atom is 0.237 e. The molecule has 2 atom stereocenters. The zero-order valence-electron chi connectivity index (χ0n) is 13.2. The van der Waals surface area contributed by atoms with E-state index in [2.05, 4.69) is 29.4 Å². The van der Waals surface area contributed by atoms with Crippen LogP contribution in [0.1, 0.15) is 58.8 Å². The Morgan fingerprint density at radius 2 is 2.00 bits per heavy atom. The molecule has 0 radical (unpaired) electrons. The highest BCUT2D eigenvalue weighted by Crippen LogP contribution is 2.18. The van der Waals surface area contributed by atoms with Gasteiger partial charge < -0.3 is 10.6 Å². The first kappa shape index (κ1) is 15.8. The Morgan fingerprint density at radius 1 is 1.25 bits per heavy atom. The van der Waals surface area contributed by atoms with Crippen molar-refractivity contribution in [1.82, 2.24) is 15.5 Å². The fourth-order valence-corrected chi connectivity index (χ4v) is 3.49. The molecule has 1 saturated heterocycles. The van der Waals surface area contributed by atoms with Crippen LogP contribution < -0.4 is 10.6 Å². The summed E-state index contributed by atoms with van der Waals surface area (Å²) in [5, 5.41) is 6.78. The fraction of sp³-hybridized carbons (Fsp3) is 0.938. The predicted molar refractivity (Wildman–Crippen MR) is 82.7 cm³/mol. The van der Waals surface area contributed by atoms with Gasteiger partial charge in [0.15, 0.2) is 0 Å². The van der Waals surface area contributed by atoms with E-state index in [0.29, 0.717) is 12.1 Å². The van der Waals surface area contributed by atoms with Gasteiger partial charge in [-0.25, -0.2) is 0 Å². The van der Waals surface area contributed by atoms with Gasteiger partial charge in [-0.15, -0.1) is 0 Å². The highest BCUT2D eigenvalue weighted by molar-refractivity contribution is 5.81. The molecule has 2 fully saturated rings. The molecule has 116 valence electrons. The largest absolute Gasteiger partial charge is 0.352 e. The molecule has 0 aromatic carbocycles. The third kappa shape index (κ3) is 4.45. The predicted octanol–water partition coefficient (Wildman–Crippen LogP) is 1.90. The molecule has 0 aromatic rings. The summed E-state index contributed by atoms with van der Waals surface area (Å²) in [4.78, 5) is 14.7. The zero-order valence-corrected chi connectivity index (χ0v) is 13.2. The minimum absolute atomic E-state index is 0.00988. The lowest BCUT2D eigenvalue weighted by Crippen LogP contribution is -2.51. The molecular formula is C16H31N3O. The van der Waals surface area contributed by atoms with Crippen LogP contribution in [0.3, 0.4) is 0 Å². The van der Waals surface area contributed by atoms with Crippen LogP contribution in [0.5, 0.6) is 0 Å². The van der Waals surface area contributed by atoms with Crippen molar-refractivity contribution in [2.24, 2.45) is 0 Å². The summed E-state index contributed by atoms with van der Waals surface area (Å²) in [6.45, 7) is 7.27. The van der Waals surface area contributed by atoms with Crippen LogP contribution in [0.2, 0.25) is 0 Å². The summed E-state index contributed by atoms with van der Waals surface area (Å²) in [5.41, 5.74) is 0. The number of rotatable bonds is 6. The summed E-state index contributed by atoms with van der Waals surface area (Å²) in [6.07, 6.45) is 8.70. The van der Waals surface area contributed by atoms with E-state index < -0.39 is 0 Å². The van der Waals surface area contributed by atoms with Gasteiger partial charge in [-0.3, -0.25) is 9.69 Å². The van der Waals surface area contributed by atoms with Crippen LogP contribution in [0.25, 0.3) is 0 Å². The van der Waals surface area contributed by atoms with E-state index in [-0.39, 0.29) is 11.9 Å². The molecule has 1 heterocycles. The van der Waals surface area contributed by atoms with Gasteiger partial charge >= 0.3 is 0 Å². The maximum atomic E-state index is 12.4. The lowest BCUT2D eigenvalue weighted by Gasteiger charge is -2.31. The van der Waals surface area contributed by atoms with Gasteiger partial charge in [0.2, 0.25) is 5.91 Å². The van der Waals surface area contributed by atoms with Crippen LogP contribution in [0.4, 0.5) is 0 Å². The summed E-state index contributed by atoms with van der Waals surface area (Å²) < 4.78 is 0. The maximum absolute atomic E-state index is 12.4. The summed E-state index contributed by atoms with van der Waals surface area (Å²) >= 11 is 0. The van der Waals surface area contributed by atoms with Crippen molar-refractivity contribution in [3.8, 4) is 0 Å². The molecule has 1 amide bonds. The number of hydrogen-bond acceptors (Lipinski definition) is 3. The lowest BCUT2D eigenvalue weighted by molar-refractivity contribution is -0.126. The average Bonchev–Trinajstić information content (AvgIpc) is 2.98. The van der Waals surface area contributed by atoms with Crippen molar-refractivity contribution in [1.29, 1.82) is 0 Å². The van der Waals surface area contributed by atoms with Gasteiger partial charge in [-0.05, 0) is 45.7 Å². The molecule has 0 aromatic heterocycles. The second-order valence-corrected chi connectivity index (χ2v) is 6.40. The number of carbonyl (C=O) groups is 1. The van der Waals surface area contributed by atoms with Crippen LogP contribution >= 0.6 is 0 Å². The quantitative estimate of drug-likeness (QED) is 0.781. The first-order chi connectivity index (χ1) is 9.70. The number of likely N-dealkylation sites (N-methyl/N-ethyl adjacent to an activating group) is 1. The first-order valence-corrected chi connectivity index (χ1v) is 8.48. The molecule has 2 N–H and O–H groups in total. The topological polar surface area (TPSA) is 44.4 Å². The van der Waals surface area contributed by atoms with Crippen molar-refractivity contribution in [3.05, 3.63) is 0 Å². The van der Waals surface area contributed by atoms with E-state index in [0.717, 1.165) is 32.5 Å². The number of nitrogens with one attached hydrogen (secondary N) is 2. The minimum atomic E-state index is -0.00988. The van der Waals surface area contributed by atoms with Gasteiger partial charge in [0.1, 0.15) is 0 Å². The number of nitrogens with zero attached hydrogens (tertiary/aromatic N) is 1. The smallest absolute Gasteiger partial charge is 0.237 e. The Balaban J connectivity index is 1.79. The standard InChI is InChI=1S/C16H31N3O/c1-3-19(12-15-10-7-11-17-15)13(2)16(20)18-14-8-5-4-6-9-14/h13-15,17H,3-12H2,1-2H3,(H,18,20). The van der Waals surface area contributed by atoms with E-state index in [9.17, 15) is 4.79 Å². The SMILES string of the molecule is CCN(CC1CCCN1)C(C)C(=O)NC1CCCCC1. The van der Waals surface area contributed by atoms with Crippen molar-refractivity contribution < 1.29 is 4.79 Å². The second kappa shape index (κ2) is 7.99. The molecule has 0 spiro atoms. The number of carbonyl (C=O) groups excluding carboxylic acids is 1. The molecule has 4 heteroatoms. The van der Waals surface area contributed by atoms with Crippen molar-refractivity contribution >= 4 is 5.91 Å². The Kier molecular flexibility index (Phi) is 6.30. The third-order valence-corrected chi connectivity index (χ3v) is 4.90. The molecule has 1 aliphatic carbocycles. The van der Waals surface area contributed by atoms with Gasteiger partial charge in [0, 0.05) is 18.6 Å². The average molecular weight is 281 g/mol. The Morgan fingerprint density at radius 3 is 2.60 bits per heavy atom. The van der Waals surface area contributed by atoms with Crippen LogP contribution in [0.15, 0.2) is 0 Å². The summed E-state index contributed by atoms with van der Waals surface area (Å²) in [7, 11) is 0. The number of amides is 1. The molecule has 1 aliphatic heterocycles. The highest BCUT2D eigenvalue weighted by Gasteiger charge is 2.26. The monoisotopic (exact) mass is 281 g/mol. The first-order valence-electron chi connectivity index (χ1n) is 8.48. The molecule has 20 heavy (non-hydrogen) atoms. The second-order valence-electron chi connectivity index (χ2n) is 6.40. The van der Waals surface area contributed by atoms with Gasteiger partial charge in [0.05, 0.1) is 6.04 Å². The lowest BCUT2D eigenvalue weighted by atomic mass is 9.95.